The fourth-order valence-corrected chi connectivity index (χ4v) is 4.86. The summed E-state index contributed by atoms with van der Waals surface area (Å²) in [6, 6.07) is 21.5. The molecule has 2 nitrogen and oxygen atoms in total. The van der Waals surface area contributed by atoms with Crippen LogP contribution >= 0.6 is 0 Å². The monoisotopic (exact) mass is 364 g/mol. The molecule has 0 radical (unpaired) electrons. The topological polar surface area (TPSA) is 24.7 Å². The molecule has 138 valence electrons. The summed E-state index contributed by atoms with van der Waals surface area (Å²) in [4.78, 5) is 9.77. The van der Waals surface area contributed by atoms with Crippen LogP contribution in [-0.2, 0) is 0 Å². The number of hydrogen-bond acceptors (Lipinski definition) is 2. The molecule has 5 rings (SSSR count). The Bertz CT molecular complexity index is 1050. The van der Waals surface area contributed by atoms with Gasteiger partial charge < -0.3 is 0 Å². The first-order valence-electron chi connectivity index (χ1n) is 10.0. The number of hydrogen-bond donors (Lipinski definition) is 0. The minimum Gasteiger partial charge on any atom is -0.259 e. The molecular formula is C26H24N2. The number of dihydropyridines is 1. The van der Waals surface area contributed by atoms with Crippen LogP contribution in [0.1, 0.15) is 37.3 Å². The van der Waals surface area contributed by atoms with E-state index in [2.05, 4.69) is 92.9 Å². The highest BCUT2D eigenvalue weighted by Crippen LogP contribution is 2.54. The van der Waals surface area contributed by atoms with Gasteiger partial charge in [0.15, 0.2) is 0 Å². The summed E-state index contributed by atoms with van der Waals surface area (Å²) in [5, 5.41) is 0. The van der Waals surface area contributed by atoms with Gasteiger partial charge in [-0.05, 0) is 41.7 Å². The predicted molar refractivity (Wildman–Crippen MR) is 118 cm³/mol. The minimum absolute atomic E-state index is 0.145. The number of aliphatic imine (C=N–C) groups is 2. The Hall–Kier alpha value is -3.00. The first-order valence-corrected chi connectivity index (χ1v) is 10.0. The van der Waals surface area contributed by atoms with Crippen molar-refractivity contribution in [2.45, 2.75) is 26.2 Å². The van der Waals surface area contributed by atoms with E-state index in [1.54, 1.807) is 0 Å². The van der Waals surface area contributed by atoms with E-state index in [0.717, 1.165) is 17.8 Å². The smallest absolute Gasteiger partial charge is 0.0885 e. The second-order valence-electron chi connectivity index (χ2n) is 8.14. The molecule has 0 spiro atoms. The lowest BCUT2D eigenvalue weighted by Gasteiger charge is -2.41. The summed E-state index contributed by atoms with van der Waals surface area (Å²) < 4.78 is 0. The summed E-state index contributed by atoms with van der Waals surface area (Å²) in [6.45, 7) is 4.57. The molecular weight excluding hydrogens is 340 g/mol. The third-order valence-corrected chi connectivity index (χ3v) is 6.33. The Morgan fingerprint density at radius 3 is 2.39 bits per heavy atom. The standard InChI is InChI=1S/C26H24N2/c1-18-17-28-24-21(23(18)20-11-7-4-8-12-20)13-15-26(2)22(14-16-27-25(24)26)19-9-5-3-6-10-19/h3-14,16-18,23H,15H2,1-2H3/t18?,23?,26-/m0/s1. The van der Waals surface area contributed by atoms with E-state index < -0.39 is 0 Å². The number of allylic oxidation sites excluding steroid dienone is 4. The van der Waals surface area contributed by atoms with Gasteiger partial charge in [-0.3, -0.25) is 9.98 Å². The minimum atomic E-state index is -0.145. The number of nitrogens with zero attached hydrogens (tertiary/aromatic N) is 2. The molecule has 2 heteroatoms. The molecule has 0 saturated heterocycles. The van der Waals surface area contributed by atoms with Crippen LogP contribution < -0.4 is 0 Å². The summed E-state index contributed by atoms with van der Waals surface area (Å²) in [5.74, 6) is 0.714. The fraction of sp³-hybridized carbons (Fsp3) is 0.231. The van der Waals surface area contributed by atoms with Gasteiger partial charge in [0.25, 0.3) is 0 Å². The molecule has 2 aromatic carbocycles. The third-order valence-electron chi connectivity index (χ3n) is 6.33. The van der Waals surface area contributed by atoms with Crippen molar-refractivity contribution in [3.8, 4) is 0 Å². The normalized spacial score (nSPS) is 28.4. The van der Waals surface area contributed by atoms with Crippen LogP contribution in [-0.4, -0.2) is 12.4 Å². The second kappa shape index (κ2) is 6.56. The number of fused-ring (bicyclic) bond motifs is 2. The maximum Gasteiger partial charge on any atom is 0.0885 e. The highest BCUT2D eigenvalue weighted by molar-refractivity contribution is 5.92. The van der Waals surface area contributed by atoms with Crippen LogP contribution in [0.4, 0.5) is 0 Å². The van der Waals surface area contributed by atoms with Gasteiger partial charge in [-0.2, -0.15) is 0 Å². The molecule has 2 aromatic rings. The molecule has 0 fully saturated rings. The van der Waals surface area contributed by atoms with E-state index in [1.807, 2.05) is 6.21 Å². The van der Waals surface area contributed by atoms with E-state index in [4.69, 9.17) is 9.98 Å². The van der Waals surface area contributed by atoms with Crippen molar-refractivity contribution in [2.24, 2.45) is 21.3 Å². The van der Waals surface area contributed by atoms with Gasteiger partial charge in [-0.25, -0.2) is 0 Å². The molecule has 0 saturated carbocycles. The molecule has 0 aromatic heterocycles. The SMILES string of the molecule is CC1C=NC2=C3N=CC=C(c4ccccc4)[C@]3(C)CC=C2C1c1ccccc1. The van der Waals surface area contributed by atoms with Crippen molar-refractivity contribution < 1.29 is 0 Å². The zero-order valence-electron chi connectivity index (χ0n) is 16.3. The van der Waals surface area contributed by atoms with Crippen LogP contribution in [0.3, 0.4) is 0 Å². The maximum atomic E-state index is 4.91. The first kappa shape index (κ1) is 17.1. The third kappa shape index (κ3) is 2.56. The van der Waals surface area contributed by atoms with Gasteiger partial charge in [0.2, 0.25) is 0 Å². The molecule has 28 heavy (non-hydrogen) atoms. The number of benzene rings is 2. The molecule has 3 atom stereocenters. The van der Waals surface area contributed by atoms with Gasteiger partial charge in [-0.1, -0.05) is 73.7 Å². The van der Waals surface area contributed by atoms with Crippen molar-refractivity contribution in [1.29, 1.82) is 0 Å². The van der Waals surface area contributed by atoms with Crippen molar-refractivity contribution in [3.63, 3.8) is 0 Å². The van der Waals surface area contributed by atoms with E-state index >= 15 is 0 Å². The Kier molecular flexibility index (Phi) is 4.01. The lowest BCUT2D eigenvalue weighted by Crippen LogP contribution is -2.30. The lowest BCUT2D eigenvalue weighted by molar-refractivity contribution is 0.503. The van der Waals surface area contributed by atoms with Gasteiger partial charge in [0.1, 0.15) is 0 Å². The van der Waals surface area contributed by atoms with Crippen molar-refractivity contribution in [3.05, 3.63) is 101 Å². The lowest BCUT2D eigenvalue weighted by atomic mass is 9.66. The van der Waals surface area contributed by atoms with Crippen molar-refractivity contribution in [1.82, 2.24) is 0 Å². The second-order valence-corrected chi connectivity index (χ2v) is 8.14. The van der Waals surface area contributed by atoms with Crippen molar-refractivity contribution in [2.75, 3.05) is 0 Å². The predicted octanol–water partition coefficient (Wildman–Crippen LogP) is 6.21. The average molecular weight is 364 g/mol. The summed E-state index contributed by atoms with van der Waals surface area (Å²) in [6.07, 6.45) is 9.59. The zero-order chi connectivity index (χ0) is 19.1. The van der Waals surface area contributed by atoms with Gasteiger partial charge >= 0.3 is 0 Å². The molecule has 0 amide bonds. The molecule has 1 aliphatic carbocycles. The van der Waals surface area contributed by atoms with Gasteiger partial charge in [0.05, 0.1) is 11.4 Å². The average Bonchev–Trinajstić information content (AvgIpc) is 2.74. The van der Waals surface area contributed by atoms with Crippen LogP contribution in [0.25, 0.3) is 5.57 Å². The number of rotatable bonds is 2. The fourth-order valence-electron chi connectivity index (χ4n) is 4.86. The summed E-state index contributed by atoms with van der Waals surface area (Å²) >= 11 is 0. The van der Waals surface area contributed by atoms with Crippen molar-refractivity contribution >= 4 is 18.0 Å². The Morgan fingerprint density at radius 2 is 1.64 bits per heavy atom. The van der Waals surface area contributed by atoms with E-state index in [-0.39, 0.29) is 5.41 Å². The Morgan fingerprint density at radius 1 is 0.929 bits per heavy atom. The van der Waals surface area contributed by atoms with E-state index in [1.165, 1.54) is 22.3 Å². The molecule has 2 heterocycles. The summed E-state index contributed by atoms with van der Waals surface area (Å²) in [5.41, 5.74) is 7.31. The maximum absolute atomic E-state index is 4.91. The van der Waals surface area contributed by atoms with E-state index in [0.29, 0.717) is 11.8 Å². The molecule has 2 unspecified atom stereocenters. The molecule has 2 aliphatic heterocycles. The Balaban J connectivity index is 1.64. The zero-order valence-corrected chi connectivity index (χ0v) is 16.3. The van der Waals surface area contributed by atoms with Gasteiger partial charge in [-0.15, -0.1) is 0 Å². The Labute approximate surface area is 166 Å². The largest absolute Gasteiger partial charge is 0.259 e. The van der Waals surface area contributed by atoms with Gasteiger partial charge in [0, 0.05) is 29.7 Å². The van der Waals surface area contributed by atoms with E-state index in [9.17, 15) is 0 Å². The highest BCUT2D eigenvalue weighted by Gasteiger charge is 2.43. The summed E-state index contributed by atoms with van der Waals surface area (Å²) in [7, 11) is 0. The van der Waals surface area contributed by atoms with Crippen LogP contribution in [0, 0.1) is 11.3 Å². The first-order chi connectivity index (χ1) is 13.7. The van der Waals surface area contributed by atoms with Crippen LogP contribution in [0.2, 0.25) is 0 Å². The molecule has 0 N–H and O–H groups in total. The highest BCUT2D eigenvalue weighted by atomic mass is 14.9. The molecule has 0 bridgehead atoms. The molecule has 3 aliphatic rings. The quantitative estimate of drug-likeness (QED) is 0.605. The van der Waals surface area contributed by atoms with Crippen LogP contribution in [0.5, 0.6) is 0 Å². The van der Waals surface area contributed by atoms with Crippen LogP contribution in [0.15, 0.2) is 99.8 Å².